The number of rotatable bonds is 5. The van der Waals surface area contributed by atoms with E-state index >= 15 is 0 Å². The SMILES string of the molecule is C[C@H](c1nc2ccccc2s1)N(C)C(=O)COc1ccc(C(F)(F)F)cc1. The Labute approximate surface area is 158 Å². The molecule has 1 heterocycles. The molecule has 8 heteroatoms. The van der Waals surface area contributed by atoms with Crippen LogP contribution < -0.4 is 4.74 Å². The Morgan fingerprint density at radius 1 is 1.19 bits per heavy atom. The third-order valence-corrected chi connectivity index (χ3v) is 5.39. The summed E-state index contributed by atoms with van der Waals surface area (Å²) in [6, 6.07) is 11.7. The third-order valence-electron chi connectivity index (χ3n) is 4.19. The Morgan fingerprint density at radius 2 is 1.85 bits per heavy atom. The number of likely N-dealkylation sites (N-methyl/N-ethyl adjacent to an activating group) is 1. The van der Waals surface area contributed by atoms with E-state index in [1.807, 2.05) is 31.2 Å². The van der Waals surface area contributed by atoms with Gasteiger partial charge in [0.25, 0.3) is 5.91 Å². The number of nitrogens with zero attached hydrogens (tertiary/aromatic N) is 2. The molecule has 2 aromatic carbocycles. The number of ether oxygens (including phenoxy) is 1. The van der Waals surface area contributed by atoms with Crippen molar-refractivity contribution < 1.29 is 22.7 Å². The van der Waals surface area contributed by atoms with E-state index in [9.17, 15) is 18.0 Å². The number of hydrogen-bond acceptors (Lipinski definition) is 4. The maximum Gasteiger partial charge on any atom is 0.416 e. The highest BCUT2D eigenvalue weighted by atomic mass is 32.1. The van der Waals surface area contributed by atoms with Crippen LogP contribution in [0.25, 0.3) is 10.2 Å². The Morgan fingerprint density at radius 3 is 2.48 bits per heavy atom. The number of aromatic nitrogens is 1. The summed E-state index contributed by atoms with van der Waals surface area (Å²) in [7, 11) is 1.65. The molecule has 0 spiro atoms. The Hall–Kier alpha value is -2.61. The van der Waals surface area contributed by atoms with E-state index in [1.54, 1.807) is 7.05 Å². The predicted molar refractivity (Wildman–Crippen MR) is 97.7 cm³/mol. The Balaban J connectivity index is 1.61. The van der Waals surface area contributed by atoms with Gasteiger partial charge in [0.05, 0.1) is 21.8 Å². The van der Waals surface area contributed by atoms with Gasteiger partial charge in [0, 0.05) is 7.05 Å². The van der Waals surface area contributed by atoms with Crippen LogP contribution >= 0.6 is 11.3 Å². The van der Waals surface area contributed by atoms with Gasteiger partial charge in [-0.3, -0.25) is 4.79 Å². The molecule has 4 nitrogen and oxygen atoms in total. The molecule has 0 saturated carbocycles. The van der Waals surface area contributed by atoms with Crippen LogP contribution in [0, 0.1) is 0 Å². The number of hydrogen-bond donors (Lipinski definition) is 0. The highest BCUT2D eigenvalue weighted by Crippen LogP contribution is 2.31. The molecular weight excluding hydrogens is 377 g/mol. The molecule has 0 aliphatic rings. The normalized spacial score (nSPS) is 12.8. The molecule has 27 heavy (non-hydrogen) atoms. The van der Waals surface area contributed by atoms with E-state index < -0.39 is 11.7 Å². The molecular formula is C19H17F3N2O2S. The third kappa shape index (κ3) is 4.39. The molecule has 0 aliphatic carbocycles. The fourth-order valence-corrected chi connectivity index (χ4v) is 3.50. The average Bonchev–Trinajstić information content (AvgIpc) is 3.08. The number of thiazole rings is 1. The first-order valence-corrected chi connectivity index (χ1v) is 8.98. The molecule has 1 amide bonds. The molecule has 0 bridgehead atoms. The number of carbonyl (C=O) groups excluding carboxylic acids is 1. The second-order valence-electron chi connectivity index (χ2n) is 6.01. The Bertz CT molecular complexity index is 905. The molecule has 0 unspecified atom stereocenters. The fourth-order valence-electron chi connectivity index (χ4n) is 2.44. The minimum atomic E-state index is -4.40. The summed E-state index contributed by atoms with van der Waals surface area (Å²) in [5.41, 5.74) is 0.119. The average molecular weight is 394 g/mol. The summed E-state index contributed by atoms with van der Waals surface area (Å²) in [6.45, 7) is 1.60. The molecule has 0 aliphatic heterocycles. The number of para-hydroxylation sites is 1. The molecule has 0 saturated heterocycles. The standard InChI is InChI=1S/C19H17F3N2O2S/c1-12(18-23-15-5-3-4-6-16(15)27-18)24(2)17(25)11-26-14-9-7-13(8-10-14)19(20,21)22/h3-10,12H,11H2,1-2H3/t12-/m1/s1. The highest BCUT2D eigenvalue weighted by molar-refractivity contribution is 7.18. The van der Waals surface area contributed by atoms with E-state index in [-0.39, 0.29) is 24.3 Å². The van der Waals surface area contributed by atoms with Gasteiger partial charge >= 0.3 is 6.18 Å². The molecule has 0 radical (unpaired) electrons. The lowest BCUT2D eigenvalue weighted by Gasteiger charge is -2.23. The second-order valence-corrected chi connectivity index (χ2v) is 7.07. The summed E-state index contributed by atoms with van der Waals surface area (Å²) < 4.78 is 44.0. The lowest BCUT2D eigenvalue weighted by atomic mass is 10.2. The van der Waals surface area contributed by atoms with Crippen LogP contribution in [0.5, 0.6) is 5.75 Å². The molecule has 1 aromatic heterocycles. The number of alkyl halides is 3. The van der Waals surface area contributed by atoms with Gasteiger partial charge in [0.15, 0.2) is 6.61 Å². The summed E-state index contributed by atoms with van der Waals surface area (Å²) in [6.07, 6.45) is -4.40. The summed E-state index contributed by atoms with van der Waals surface area (Å²) in [5, 5.41) is 0.807. The Kier molecular flexibility index (Phi) is 5.36. The van der Waals surface area contributed by atoms with Crippen molar-refractivity contribution in [3.8, 4) is 5.75 Å². The number of benzene rings is 2. The van der Waals surface area contributed by atoms with Gasteiger partial charge in [-0.2, -0.15) is 13.2 Å². The summed E-state index contributed by atoms with van der Waals surface area (Å²) >= 11 is 1.52. The maximum atomic E-state index is 12.6. The van der Waals surface area contributed by atoms with Gasteiger partial charge in [-0.05, 0) is 43.3 Å². The maximum absolute atomic E-state index is 12.6. The topological polar surface area (TPSA) is 42.4 Å². The van der Waals surface area contributed by atoms with Gasteiger partial charge in [-0.1, -0.05) is 12.1 Å². The molecule has 0 fully saturated rings. The van der Waals surface area contributed by atoms with Gasteiger partial charge in [-0.15, -0.1) is 11.3 Å². The van der Waals surface area contributed by atoms with Crippen molar-refractivity contribution in [2.75, 3.05) is 13.7 Å². The zero-order chi connectivity index (χ0) is 19.6. The highest BCUT2D eigenvalue weighted by Gasteiger charge is 2.30. The van der Waals surface area contributed by atoms with E-state index in [1.165, 1.54) is 28.4 Å². The number of halogens is 3. The summed E-state index contributed by atoms with van der Waals surface area (Å²) in [5.74, 6) is -0.0842. The molecule has 3 rings (SSSR count). The zero-order valence-corrected chi connectivity index (χ0v) is 15.5. The molecule has 3 aromatic rings. The van der Waals surface area contributed by atoms with Crippen LogP contribution in [0.15, 0.2) is 48.5 Å². The van der Waals surface area contributed by atoms with Crippen molar-refractivity contribution in [2.24, 2.45) is 0 Å². The number of amides is 1. The number of fused-ring (bicyclic) bond motifs is 1. The van der Waals surface area contributed by atoms with E-state index in [0.717, 1.165) is 27.4 Å². The van der Waals surface area contributed by atoms with Crippen molar-refractivity contribution in [2.45, 2.75) is 19.1 Å². The predicted octanol–water partition coefficient (Wildman–Crippen LogP) is 4.91. The van der Waals surface area contributed by atoms with Crippen molar-refractivity contribution in [3.05, 3.63) is 59.1 Å². The largest absolute Gasteiger partial charge is 0.484 e. The quantitative estimate of drug-likeness (QED) is 0.617. The van der Waals surface area contributed by atoms with Gasteiger partial charge in [0.2, 0.25) is 0 Å². The second kappa shape index (κ2) is 7.56. The van der Waals surface area contributed by atoms with Gasteiger partial charge in [-0.25, -0.2) is 4.98 Å². The van der Waals surface area contributed by atoms with Crippen molar-refractivity contribution in [1.29, 1.82) is 0 Å². The molecule has 0 N–H and O–H groups in total. The number of carbonyl (C=O) groups is 1. The van der Waals surface area contributed by atoms with E-state index in [0.29, 0.717) is 0 Å². The minimum Gasteiger partial charge on any atom is -0.484 e. The fraction of sp³-hybridized carbons (Fsp3) is 0.263. The summed E-state index contributed by atoms with van der Waals surface area (Å²) in [4.78, 5) is 18.4. The lowest BCUT2D eigenvalue weighted by molar-refractivity contribution is -0.138. The lowest BCUT2D eigenvalue weighted by Crippen LogP contribution is -2.33. The smallest absolute Gasteiger partial charge is 0.416 e. The monoisotopic (exact) mass is 394 g/mol. The molecule has 1 atom stereocenters. The van der Waals surface area contributed by atoms with Gasteiger partial charge in [0.1, 0.15) is 10.8 Å². The van der Waals surface area contributed by atoms with Crippen LogP contribution in [-0.2, 0) is 11.0 Å². The minimum absolute atomic E-state index is 0.206. The van der Waals surface area contributed by atoms with Crippen LogP contribution in [0.3, 0.4) is 0 Å². The van der Waals surface area contributed by atoms with Crippen molar-refractivity contribution >= 4 is 27.5 Å². The van der Waals surface area contributed by atoms with Gasteiger partial charge < -0.3 is 9.64 Å². The first-order chi connectivity index (χ1) is 12.8. The van der Waals surface area contributed by atoms with Crippen LogP contribution in [0.2, 0.25) is 0 Å². The first-order valence-electron chi connectivity index (χ1n) is 8.17. The zero-order valence-electron chi connectivity index (χ0n) is 14.7. The van der Waals surface area contributed by atoms with Crippen LogP contribution in [0.4, 0.5) is 13.2 Å². The molecule has 142 valence electrons. The first kappa shape index (κ1) is 19.2. The van der Waals surface area contributed by atoms with Crippen molar-refractivity contribution in [3.63, 3.8) is 0 Å². The van der Waals surface area contributed by atoms with Crippen molar-refractivity contribution in [1.82, 2.24) is 9.88 Å². The van der Waals surface area contributed by atoms with E-state index in [4.69, 9.17) is 4.74 Å². The van der Waals surface area contributed by atoms with Crippen LogP contribution in [-0.4, -0.2) is 29.4 Å². The van der Waals surface area contributed by atoms with E-state index in [2.05, 4.69) is 4.98 Å². The van der Waals surface area contributed by atoms with Crippen LogP contribution in [0.1, 0.15) is 23.5 Å².